The Labute approximate surface area is 196 Å². The second-order valence-electron chi connectivity index (χ2n) is 7.93. The highest BCUT2D eigenvalue weighted by Crippen LogP contribution is 2.32. The van der Waals surface area contributed by atoms with E-state index in [4.69, 9.17) is 0 Å². The maximum absolute atomic E-state index is 11.0. The van der Waals surface area contributed by atoms with Crippen LogP contribution in [0.3, 0.4) is 0 Å². The van der Waals surface area contributed by atoms with Crippen LogP contribution in [0.4, 0.5) is 9.59 Å². The normalized spacial score (nSPS) is 16.0. The van der Waals surface area contributed by atoms with Gasteiger partial charge in [-0.05, 0) is 51.5 Å². The number of rotatable bonds is 4. The molecule has 1 aliphatic carbocycles. The van der Waals surface area contributed by atoms with Gasteiger partial charge >= 0.3 is 12.2 Å². The number of ether oxygens (including phenoxy) is 2. The lowest BCUT2D eigenvalue weighted by atomic mass is 9.77. The number of nitrogens with two attached hydrogens (primary N) is 2. The summed E-state index contributed by atoms with van der Waals surface area (Å²) in [7, 11) is 0. The predicted octanol–water partition coefficient (Wildman–Crippen LogP) is 3.28. The van der Waals surface area contributed by atoms with Crippen molar-refractivity contribution in [3.05, 3.63) is 22.8 Å². The molecule has 10 heteroatoms. The molecular weight excluding hydrogens is 430 g/mol. The fourth-order valence-corrected chi connectivity index (χ4v) is 3.23. The van der Waals surface area contributed by atoms with Crippen LogP contribution >= 0.6 is 0 Å². The minimum Gasteiger partial charge on any atom is -0.450 e. The minimum absolute atomic E-state index is 0.204. The molecule has 4 amide bonds. The molecule has 5 N–H and O–H groups in total. The number of amides is 4. The number of primary amides is 2. The van der Waals surface area contributed by atoms with Crippen molar-refractivity contribution in [2.24, 2.45) is 16.9 Å². The standard InChI is InChI=1S/C9H14O.C8H11NO2.2C3H7NO2/c1-7-4-8(10)6-9(2,3)5-7;1-3-5-6(4-2)8(11)9-7(5)10;2*1-2-6-3(4)5/h4H,5-6H2,1-3H3;3-4H2,1-2H3,(H,9,10,11);2*2H2,1H3,(H2,4,5). The molecule has 0 unspecified atom stereocenters. The van der Waals surface area contributed by atoms with E-state index in [2.05, 4.69) is 40.1 Å². The molecule has 0 aromatic heterocycles. The van der Waals surface area contributed by atoms with Crippen molar-refractivity contribution in [1.29, 1.82) is 0 Å². The highest BCUT2D eigenvalue weighted by Gasteiger charge is 2.27. The van der Waals surface area contributed by atoms with Crippen LogP contribution in [0, 0.1) is 5.41 Å². The van der Waals surface area contributed by atoms with Crippen molar-refractivity contribution < 1.29 is 33.4 Å². The van der Waals surface area contributed by atoms with Gasteiger partial charge in [0.15, 0.2) is 5.78 Å². The first-order valence-electron chi connectivity index (χ1n) is 10.9. The zero-order valence-corrected chi connectivity index (χ0v) is 20.8. The SMILES string of the molecule is CC1=CC(=O)CC(C)(C)C1.CCC1=C(CC)C(=O)NC1=O.CCOC(N)=O.CCOC(N)=O. The predicted molar refractivity (Wildman–Crippen MR) is 125 cm³/mol. The molecule has 33 heavy (non-hydrogen) atoms. The third kappa shape index (κ3) is 15.3. The van der Waals surface area contributed by atoms with Crippen molar-refractivity contribution >= 4 is 29.8 Å². The van der Waals surface area contributed by atoms with Gasteiger partial charge in [0, 0.05) is 17.6 Å². The second kappa shape index (κ2) is 16.5. The monoisotopic (exact) mass is 469 g/mol. The summed E-state index contributed by atoms with van der Waals surface area (Å²) < 4.78 is 8.36. The van der Waals surface area contributed by atoms with E-state index >= 15 is 0 Å². The Kier molecular flexibility index (Phi) is 16.0. The van der Waals surface area contributed by atoms with Crippen molar-refractivity contribution in [1.82, 2.24) is 5.32 Å². The van der Waals surface area contributed by atoms with Crippen LogP contribution in [0.1, 0.15) is 74.1 Å². The summed E-state index contributed by atoms with van der Waals surface area (Å²) in [5.41, 5.74) is 11.8. The number of allylic oxidation sites excluding steroid dienone is 2. The Morgan fingerprint density at radius 1 is 0.879 bits per heavy atom. The molecule has 0 aromatic rings. The van der Waals surface area contributed by atoms with Gasteiger partial charge in [-0.25, -0.2) is 9.59 Å². The molecule has 0 atom stereocenters. The Hall–Kier alpha value is -3.17. The lowest BCUT2D eigenvalue weighted by molar-refractivity contribution is -0.124. The molecule has 188 valence electrons. The third-order valence-electron chi connectivity index (χ3n) is 4.24. The van der Waals surface area contributed by atoms with Gasteiger partial charge in [0.25, 0.3) is 11.8 Å². The summed E-state index contributed by atoms with van der Waals surface area (Å²) in [5, 5.41) is 2.27. The van der Waals surface area contributed by atoms with Crippen LogP contribution in [0.15, 0.2) is 22.8 Å². The molecule has 1 aliphatic heterocycles. The number of hydrogen-bond acceptors (Lipinski definition) is 7. The number of hydrogen-bond donors (Lipinski definition) is 3. The summed E-state index contributed by atoms with van der Waals surface area (Å²) in [6.07, 6.45) is 3.41. The van der Waals surface area contributed by atoms with E-state index < -0.39 is 12.2 Å². The van der Waals surface area contributed by atoms with E-state index in [9.17, 15) is 24.0 Å². The summed E-state index contributed by atoms with van der Waals surface area (Å²) in [5.74, 6) is -0.141. The number of ketones is 1. The van der Waals surface area contributed by atoms with Crippen LogP contribution in [-0.4, -0.2) is 43.0 Å². The molecule has 0 bridgehead atoms. The van der Waals surface area contributed by atoms with Gasteiger partial charge in [0.2, 0.25) is 0 Å². The van der Waals surface area contributed by atoms with Gasteiger partial charge in [-0.15, -0.1) is 0 Å². The topological polar surface area (TPSA) is 168 Å². The molecule has 0 fully saturated rings. The molecule has 10 nitrogen and oxygen atoms in total. The Morgan fingerprint density at radius 2 is 1.27 bits per heavy atom. The van der Waals surface area contributed by atoms with E-state index in [-0.39, 0.29) is 23.0 Å². The zero-order valence-electron chi connectivity index (χ0n) is 20.8. The molecule has 0 saturated carbocycles. The van der Waals surface area contributed by atoms with Crippen LogP contribution < -0.4 is 16.8 Å². The van der Waals surface area contributed by atoms with Crippen molar-refractivity contribution in [2.45, 2.75) is 74.1 Å². The maximum Gasteiger partial charge on any atom is 0.404 e. The summed E-state index contributed by atoms with van der Waals surface area (Å²) in [6, 6.07) is 0. The molecule has 0 spiro atoms. The molecule has 0 saturated heterocycles. The molecule has 1 heterocycles. The van der Waals surface area contributed by atoms with E-state index in [0.29, 0.717) is 43.6 Å². The zero-order chi connectivity index (χ0) is 26.2. The molecule has 0 radical (unpaired) electrons. The molecule has 2 aliphatic rings. The van der Waals surface area contributed by atoms with Gasteiger partial charge in [-0.1, -0.05) is 33.3 Å². The highest BCUT2D eigenvalue weighted by molar-refractivity contribution is 6.19. The van der Waals surface area contributed by atoms with Crippen molar-refractivity contribution in [3.8, 4) is 0 Å². The second-order valence-corrected chi connectivity index (χ2v) is 7.93. The first-order chi connectivity index (χ1) is 15.2. The van der Waals surface area contributed by atoms with E-state index in [0.717, 1.165) is 6.42 Å². The van der Waals surface area contributed by atoms with E-state index in [1.165, 1.54) is 5.57 Å². The van der Waals surface area contributed by atoms with Crippen molar-refractivity contribution in [2.75, 3.05) is 13.2 Å². The van der Waals surface area contributed by atoms with Crippen LogP contribution in [0.5, 0.6) is 0 Å². The largest absolute Gasteiger partial charge is 0.450 e. The quantitative estimate of drug-likeness (QED) is 0.531. The first-order valence-corrected chi connectivity index (χ1v) is 10.9. The average Bonchev–Trinajstić information content (AvgIpc) is 2.93. The maximum atomic E-state index is 11.0. The average molecular weight is 470 g/mol. The Balaban J connectivity index is 0. The number of carbonyl (C=O) groups excluding carboxylic acids is 5. The lowest BCUT2D eigenvalue weighted by Gasteiger charge is -2.27. The Morgan fingerprint density at radius 3 is 1.48 bits per heavy atom. The van der Waals surface area contributed by atoms with Gasteiger partial charge in [-0.2, -0.15) is 0 Å². The van der Waals surface area contributed by atoms with Crippen LogP contribution in [0.25, 0.3) is 0 Å². The van der Waals surface area contributed by atoms with Crippen molar-refractivity contribution in [3.63, 3.8) is 0 Å². The lowest BCUT2D eigenvalue weighted by Crippen LogP contribution is -2.23. The number of carbonyl (C=O) groups is 5. The summed E-state index contributed by atoms with van der Waals surface area (Å²) >= 11 is 0. The number of nitrogens with one attached hydrogen (secondary N) is 1. The van der Waals surface area contributed by atoms with Crippen LogP contribution in [-0.2, 0) is 23.9 Å². The summed E-state index contributed by atoms with van der Waals surface area (Å²) in [6.45, 7) is 14.2. The van der Waals surface area contributed by atoms with Gasteiger partial charge in [-0.3, -0.25) is 19.7 Å². The fourth-order valence-electron chi connectivity index (χ4n) is 3.23. The molecule has 2 rings (SSSR count). The smallest absolute Gasteiger partial charge is 0.404 e. The van der Waals surface area contributed by atoms with Gasteiger partial charge in [0.1, 0.15) is 0 Å². The summed E-state index contributed by atoms with van der Waals surface area (Å²) in [4.78, 5) is 52.2. The van der Waals surface area contributed by atoms with Gasteiger partial charge < -0.3 is 20.9 Å². The Bertz CT molecular complexity index is 728. The molecule has 0 aromatic carbocycles. The fraction of sp³-hybridized carbons (Fsp3) is 0.609. The third-order valence-corrected chi connectivity index (χ3v) is 4.24. The van der Waals surface area contributed by atoms with E-state index in [1.54, 1.807) is 19.9 Å². The number of imide groups is 1. The first kappa shape index (κ1) is 32.0. The van der Waals surface area contributed by atoms with Gasteiger partial charge in [0.05, 0.1) is 13.2 Å². The van der Waals surface area contributed by atoms with Crippen LogP contribution in [0.2, 0.25) is 0 Å². The molecular formula is C23H39N3O7. The minimum atomic E-state index is -0.711. The highest BCUT2D eigenvalue weighted by atomic mass is 16.5. The van der Waals surface area contributed by atoms with E-state index in [1.807, 2.05) is 20.8 Å².